The Labute approximate surface area is 95.5 Å². The Morgan fingerprint density at radius 2 is 2.25 bits per heavy atom. The molecule has 0 aromatic heterocycles. The Balaban J connectivity index is 2.00. The van der Waals surface area contributed by atoms with Crippen LogP contribution in [0.3, 0.4) is 0 Å². The minimum atomic E-state index is -0.455. The number of amides is 1. The molecule has 1 unspecified atom stereocenters. The summed E-state index contributed by atoms with van der Waals surface area (Å²) in [4.78, 5) is 22.2. The first-order valence-electron chi connectivity index (χ1n) is 5.77. The van der Waals surface area contributed by atoms with Crippen molar-refractivity contribution in [3.05, 3.63) is 0 Å². The van der Waals surface area contributed by atoms with Crippen LogP contribution < -0.4 is 5.32 Å². The van der Waals surface area contributed by atoms with E-state index in [4.69, 9.17) is 9.47 Å². The summed E-state index contributed by atoms with van der Waals surface area (Å²) in [5.41, 5.74) is 0. The molecule has 1 N–H and O–H groups in total. The van der Waals surface area contributed by atoms with Gasteiger partial charge in [0, 0.05) is 13.0 Å². The largest absolute Gasteiger partial charge is 0.462 e. The molecule has 0 saturated carbocycles. The highest BCUT2D eigenvalue weighted by Gasteiger charge is 2.28. The first-order chi connectivity index (χ1) is 7.74. The third-order valence-corrected chi connectivity index (χ3v) is 2.39. The molecule has 0 aromatic rings. The van der Waals surface area contributed by atoms with E-state index in [0.29, 0.717) is 26.1 Å². The van der Waals surface area contributed by atoms with Gasteiger partial charge in [0.05, 0.1) is 6.61 Å². The van der Waals surface area contributed by atoms with E-state index in [1.165, 1.54) is 0 Å². The van der Waals surface area contributed by atoms with Crippen molar-refractivity contribution in [2.75, 3.05) is 19.8 Å². The van der Waals surface area contributed by atoms with Gasteiger partial charge in [-0.05, 0) is 12.8 Å². The molecule has 0 spiro atoms. The van der Waals surface area contributed by atoms with Gasteiger partial charge in [-0.1, -0.05) is 13.3 Å². The highest BCUT2D eigenvalue weighted by atomic mass is 16.6. The second-order valence-electron chi connectivity index (χ2n) is 3.79. The second kappa shape index (κ2) is 7.22. The SMILES string of the molecule is CCCCOCCOC(=O)C1CCC(=O)N1. The summed E-state index contributed by atoms with van der Waals surface area (Å²) in [6.45, 7) is 3.47. The Morgan fingerprint density at radius 1 is 1.44 bits per heavy atom. The third-order valence-electron chi connectivity index (χ3n) is 2.39. The Hall–Kier alpha value is -1.10. The van der Waals surface area contributed by atoms with E-state index in [2.05, 4.69) is 12.2 Å². The maximum absolute atomic E-state index is 11.4. The normalized spacial score (nSPS) is 19.6. The number of carbonyl (C=O) groups is 2. The average Bonchev–Trinajstić information content (AvgIpc) is 2.70. The lowest BCUT2D eigenvalue weighted by Gasteiger charge is -2.10. The summed E-state index contributed by atoms with van der Waals surface area (Å²) >= 11 is 0. The molecule has 5 nitrogen and oxygen atoms in total. The molecule has 1 rings (SSSR count). The molecular formula is C11H19NO4. The van der Waals surface area contributed by atoms with Crippen molar-refractivity contribution in [2.24, 2.45) is 0 Å². The van der Waals surface area contributed by atoms with E-state index in [0.717, 1.165) is 12.8 Å². The fraction of sp³-hybridized carbons (Fsp3) is 0.818. The van der Waals surface area contributed by atoms with Gasteiger partial charge in [0.25, 0.3) is 0 Å². The minimum Gasteiger partial charge on any atom is -0.462 e. The van der Waals surface area contributed by atoms with Gasteiger partial charge in [-0.3, -0.25) is 4.79 Å². The van der Waals surface area contributed by atoms with Crippen LogP contribution in [0.5, 0.6) is 0 Å². The summed E-state index contributed by atoms with van der Waals surface area (Å²) in [5, 5.41) is 2.56. The standard InChI is InChI=1S/C11H19NO4/c1-2-3-6-15-7-8-16-11(14)9-4-5-10(13)12-9/h9H,2-8H2,1H3,(H,12,13). The lowest BCUT2D eigenvalue weighted by Crippen LogP contribution is -2.35. The fourth-order valence-electron chi connectivity index (χ4n) is 1.44. The molecule has 1 aliphatic rings. The molecule has 0 radical (unpaired) electrons. The van der Waals surface area contributed by atoms with Crippen LogP contribution in [0.15, 0.2) is 0 Å². The molecular weight excluding hydrogens is 210 g/mol. The number of nitrogens with one attached hydrogen (secondary N) is 1. The number of carbonyl (C=O) groups excluding carboxylic acids is 2. The Morgan fingerprint density at radius 3 is 2.88 bits per heavy atom. The van der Waals surface area contributed by atoms with Crippen LogP contribution in [0, 0.1) is 0 Å². The Kier molecular flexibility index (Phi) is 5.85. The molecule has 16 heavy (non-hydrogen) atoms. The lowest BCUT2D eigenvalue weighted by molar-refractivity contribution is -0.148. The van der Waals surface area contributed by atoms with Gasteiger partial charge in [-0.15, -0.1) is 0 Å². The first-order valence-corrected chi connectivity index (χ1v) is 5.77. The smallest absolute Gasteiger partial charge is 0.328 e. The number of ether oxygens (including phenoxy) is 2. The van der Waals surface area contributed by atoms with E-state index in [1.807, 2.05) is 0 Å². The number of esters is 1. The minimum absolute atomic E-state index is 0.0823. The van der Waals surface area contributed by atoms with E-state index in [1.54, 1.807) is 0 Å². The van der Waals surface area contributed by atoms with Crippen molar-refractivity contribution in [2.45, 2.75) is 38.6 Å². The topological polar surface area (TPSA) is 64.6 Å². The number of hydrogen-bond acceptors (Lipinski definition) is 4. The van der Waals surface area contributed by atoms with Gasteiger partial charge in [-0.2, -0.15) is 0 Å². The summed E-state index contributed by atoms with van der Waals surface area (Å²) in [6.07, 6.45) is 3.06. The van der Waals surface area contributed by atoms with Gasteiger partial charge in [0.1, 0.15) is 12.6 Å². The number of unbranched alkanes of at least 4 members (excludes halogenated alkanes) is 1. The van der Waals surface area contributed by atoms with Crippen LogP contribution in [0.25, 0.3) is 0 Å². The van der Waals surface area contributed by atoms with E-state index < -0.39 is 6.04 Å². The van der Waals surface area contributed by atoms with Gasteiger partial charge >= 0.3 is 5.97 Å². The second-order valence-corrected chi connectivity index (χ2v) is 3.79. The van der Waals surface area contributed by atoms with Crippen LogP contribution in [-0.4, -0.2) is 37.7 Å². The predicted molar refractivity (Wildman–Crippen MR) is 57.9 cm³/mol. The number of rotatable bonds is 7. The van der Waals surface area contributed by atoms with Gasteiger partial charge in [0.2, 0.25) is 5.91 Å². The molecule has 1 saturated heterocycles. The first kappa shape index (κ1) is 13.0. The van der Waals surface area contributed by atoms with Gasteiger partial charge < -0.3 is 14.8 Å². The molecule has 92 valence electrons. The van der Waals surface area contributed by atoms with Crippen molar-refractivity contribution >= 4 is 11.9 Å². The van der Waals surface area contributed by atoms with Crippen molar-refractivity contribution in [3.8, 4) is 0 Å². The van der Waals surface area contributed by atoms with Gasteiger partial charge in [0.15, 0.2) is 0 Å². The van der Waals surface area contributed by atoms with E-state index in [9.17, 15) is 9.59 Å². The molecule has 1 heterocycles. The third kappa shape index (κ3) is 4.61. The van der Waals surface area contributed by atoms with Crippen LogP contribution in [0.1, 0.15) is 32.6 Å². The maximum Gasteiger partial charge on any atom is 0.328 e. The molecule has 0 aromatic carbocycles. The monoisotopic (exact) mass is 229 g/mol. The van der Waals surface area contributed by atoms with E-state index >= 15 is 0 Å². The maximum atomic E-state index is 11.4. The zero-order chi connectivity index (χ0) is 11.8. The Bertz CT molecular complexity index is 242. The summed E-state index contributed by atoms with van der Waals surface area (Å²) in [5.74, 6) is -0.439. The zero-order valence-corrected chi connectivity index (χ0v) is 9.66. The highest BCUT2D eigenvalue weighted by Crippen LogP contribution is 2.07. The fourth-order valence-corrected chi connectivity index (χ4v) is 1.44. The van der Waals surface area contributed by atoms with Crippen LogP contribution in [0.2, 0.25) is 0 Å². The lowest BCUT2D eigenvalue weighted by atomic mass is 10.2. The molecule has 5 heteroatoms. The highest BCUT2D eigenvalue weighted by molar-refractivity contribution is 5.87. The van der Waals surface area contributed by atoms with E-state index in [-0.39, 0.29) is 18.5 Å². The molecule has 1 amide bonds. The van der Waals surface area contributed by atoms with Crippen LogP contribution >= 0.6 is 0 Å². The summed E-state index contributed by atoms with van der Waals surface area (Å²) in [6, 6.07) is -0.455. The van der Waals surface area contributed by atoms with Crippen LogP contribution in [-0.2, 0) is 19.1 Å². The van der Waals surface area contributed by atoms with Crippen LogP contribution in [0.4, 0.5) is 0 Å². The van der Waals surface area contributed by atoms with Crippen molar-refractivity contribution in [3.63, 3.8) is 0 Å². The predicted octanol–water partition coefficient (Wildman–Crippen LogP) is 0.625. The molecule has 1 atom stereocenters. The average molecular weight is 229 g/mol. The molecule has 1 fully saturated rings. The molecule has 0 bridgehead atoms. The zero-order valence-electron chi connectivity index (χ0n) is 9.66. The quantitative estimate of drug-likeness (QED) is 0.513. The number of hydrogen-bond donors (Lipinski definition) is 1. The van der Waals surface area contributed by atoms with Crippen molar-refractivity contribution in [1.29, 1.82) is 0 Å². The van der Waals surface area contributed by atoms with Crippen molar-refractivity contribution in [1.82, 2.24) is 5.32 Å². The van der Waals surface area contributed by atoms with Crippen molar-refractivity contribution < 1.29 is 19.1 Å². The molecule has 0 aliphatic carbocycles. The summed E-state index contributed by atoms with van der Waals surface area (Å²) in [7, 11) is 0. The van der Waals surface area contributed by atoms with Gasteiger partial charge in [-0.25, -0.2) is 4.79 Å². The summed E-state index contributed by atoms with van der Waals surface area (Å²) < 4.78 is 10.2. The molecule has 1 aliphatic heterocycles.